The largest absolute Gasteiger partial charge is 0.340 e. The van der Waals surface area contributed by atoms with E-state index in [1.165, 1.54) is 4.90 Å². The van der Waals surface area contributed by atoms with Gasteiger partial charge in [0.1, 0.15) is 0 Å². The van der Waals surface area contributed by atoms with E-state index in [9.17, 15) is 9.59 Å². The van der Waals surface area contributed by atoms with Gasteiger partial charge in [0.15, 0.2) is 5.82 Å². The third-order valence-electron chi connectivity index (χ3n) is 3.32. The van der Waals surface area contributed by atoms with Crippen molar-refractivity contribution in [1.29, 1.82) is 0 Å². The van der Waals surface area contributed by atoms with Crippen LogP contribution in [0.2, 0.25) is 0 Å². The maximum Gasteiger partial charge on any atom is 0.340 e. The maximum absolute atomic E-state index is 12.5. The predicted molar refractivity (Wildman–Crippen MR) is 71.2 cm³/mol. The van der Waals surface area contributed by atoms with Gasteiger partial charge < -0.3 is 4.90 Å². The van der Waals surface area contributed by atoms with E-state index >= 15 is 0 Å². The predicted octanol–water partition coefficient (Wildman–Crippen LogP) is 0.643. The number of aromatic amines is 2. The minimum Gasteiger partial charge on any atom is -0.334 e. The van der Waals surface area contributed by atoms with Crippen LogP contribution in [-0.2, 0) is 6.54 Å². The van der Waals surface area contributed by atoms with Gasteiger partial charge in [-0.1, -0.05) is 0 Å². The van der Waals surface area contributed by atoms with Crippen LogP contribution in [0.1, 0.15) is 40.6 Å². The number of pyridine rings is 1. The van der Waals surface area contributed by atoms with Gasteiger partial charge in [-0.25, -0.2) is 9.89 Å². The highest BCUT2D eigenvalue weighted by Crippen LogP contribution is 2.40. The number of carbonyl (C=O) groups is 1. The molecule has 0 saturated heterocycles. The molecule has 2 heterocycles. The van der Waals surface area contributed by atoms with Crippen LogP contribution in [-0.4, -0.2) is 38.0 Å². The summed E-state index contributed by atoms with van der Waals surface area (Å²) in [6, 6.07) is 3.57. The topological polar surface area (TPSA) is 94.7 Å². The smallest absolute Gasteiger partial charge is 0.334 e. The van der Waals surface area contributed by atoms with Crippen molar-refractivity contribution in [2.75, 3.05) is 7.05 Å². The van der Waals surface area contributed by atoms with Crippen molar-refractivity contribution in [2.24, 2.45) is 0 Å². The molecule has 0 spiro atoms. The van der Waals surface area contributed by atoms with Crippen molar-refractivity contribution in [2.45, 2.75) is 25.3 Å². The molecule has 2 aromatic rings. The average molecular weight is 273 g/mol. The molecule has 0 aliphatic heterocycles. The molecule has 0 atom stereocenters. The van der Waals surface area contributed by atoms with Crippen LogP contribution in [0.15, 0.2) is 23.1 Å². The Bertz CT molecular complexity index is 686. The Balaban J connectivity index is 1.79. The molecule has 2 N–H and O–H groups in total. The van der Waals surface area contributed by atoms with E-state index in [1.807, 2.05) is 0 Å². The van der Waals surface area contributed by atoms with Gasteiger partial charge in [0.05, 0.1) is 17.8 Å². The lowest BCUT2D eigenvalue weighted by Gasteiger charge is -2.17. The van der Waals surface area contributed by atoms with Gasteiger partial charge in [0, 0.05) is 19.2 Å². The maximum atomic E-state index is 12.5. The molecule has 20 heavy (non-hydrogen) atoms. The number of H-pyrrole nitrogens is 2. The van der Waals surface area contributed by atoms with E-state index in [0.717, 1.165) is 18.5 Å². The van der Waals surface area contributed by atoms with Crippen molar-refractivity contribution in [1.82, 2.24) is 25.1 Å². The standard InChI is InChI=1S/C13H15N5O2/c1-18(7-10-15-13(20)17-16-10)12(19)9-3-2-6-14-11(9)8-4-5-8/h2-3,6,8H,4-5,7H2,1H3,(H2,15,16,17,20). The van der Waals surface area contributed by atoms with Crippen LogP contribution in [0.5, 0.6) is 0 Å². The third kappa shape index (κ3) is 2.47. The van der Waals surface area contributed by atoms with Gasteiger partial charge >= 0.3 is 5.69 Å². The van der Waals surface area contributed by atoms with E-state index < -0.39 is 0 Å². The Morgan fingerprint density at radius 1 is 1.50 bits per heavy atom. The molecule has 7 heteroatoms. The van der Waals surface area contributed by atoms with Gasteiger partial charge in [-0.05, 0) is 25.0 Å². The molecular weight excluding hydrogens is 258 g/mol. The fourth-order valence-corrected chi connectivity index (χ4v) is 2.16. The van der Waals surface area contributed by atoms with E-state index in [-0.39, 0.29) is 18.1 Å². The number of nitrogens with one attached hydrogen (secondary N) is 2. The lowest BCUT2D eigenvalue weighted by molar-refractivity contribution is 0.0780. The number of aromatic nitrogens is 4. The monoisotopic (exact) mass is 273 g/mol. The Labute approximate surface area is 115 Å². The van der Waals surface area contributed by atoms with Crippen LogP contribution in [0.4, 0.5) is 0 Å². The Morgan fingerprint density at radius 2 is 2.30 bits per heavy atom. The SMILES string of the molecule is CN(Cc1n[nH]c(=O)[nH]1)C(=O)c1cccnc1C1CC1. The zero-order valence-corrected chi connectivity index (χ0v) is 11.1. The first-order valence-corrected chi connectivity index (χ1v) is 6.49. The molecule has 1 saturated carbocycles. The molecule has 0 bridgehead atoms. The van der Waals surface area contributed by atoms with Crippen LogP contribution in [0, 0.1) is 0 Å². The highest BCUT2D eigenvalue weighted by molar-refractivity contribution is 5.95. The molecule has 1 aliphatic carbocycles. The van der Waals surface area contributed by atoms with E-state index in [0.29, 0.717) is 17.3 Å². The highest BCUT2D eigenvalue weighted by Gasteiger charge is 2.30. The summed E-state index contributed by atoms with van der Waals surface area (Å²) in [6.45, 7) is 0.247. The normalized spacial score (nSPS) is 14.2. The summed E-state index contributed by atoms with van der Waals surface area (Å²) in [6.07, 6.45) is 3.90. The first kappa shape index (κ1) is 12.6. The van der Waals surface area contributed by atoms with Crippen molar-refractivity contribution in [3.05, 3.63) is 45.9 Å². The van der Waals surface area contributed by atoms with E-state index in [4.69, 9.17) is 0 Å². The third-order valence-corrected chi connectivity index (χ3v) is 3.32. The second-order valence-corrected chi connectivity index (χ2v) is 5.00. The van der Waals surface area contributed by atoms with Crippen molar-refractivity contribution < 1.29 is 4.79 Å². The molecule has 0 radical (unpaired) electrons. The zero-order valence-electron chi connectivity index (χ0n) is 11.1. The summed E-state index contributed by atoms with van der Waals surface area (Å²) in [5.41, 5.74) is 1.14. The fourth-order valence-electron chi connectivity index (χ4n) is 2.16. The lowest BCUT2D eigenvalue weighted by Crippen LogP contribution is -2.28. The quantitative estimate of drug-likeness (QED) is 0.854. The Hall–Kier alpha value is -2.44. The molecule has 1 amide bonds. The van der Waals surface area contributed by atoms with Crippen molar-refractivity contribution in [3.8, 4) is 0 Å². The molecule has 2 aromatic heterocycles. The van der Waals surface area contributed by atoms with Gasteiger partial charge in [-0.15, -0.1) is 0 Å². The summed E-state index contributed by atoms with van der Waals surface area (Å²) >= 11 is 0. The summed E-state index contributed by atoms with van der Waals surface area (Å²) in [7, 11) is 1.68. The van der Waals surface area contributed by atoms with Gasteiger partial charge in [-0.3, -0.25) is 14.8 Å². The Morgan fingerprint density at radius 3 is 2.95 bits per heavy atom. The van der Waals surface area contributed by atoms with Crippen LogP contribution in [0.3, 0.4) is 0 Å². The molecule has 7 nitrogen and oxygen atoms in total. The fraction of sp³-hybridized carbons (Fsp3) is 0.385. The molecule has 104 valence electrons. The highest BCUT2D eigenvalue weighted by atomic mass is 16.2. The van der Waals surface area contributed by atoms with Gasteiger partial charge in [0.25, 0.3) is 5.91 Å². The average Bonchev–Trinajstić information content (AvgIpc) is 3.22. The summed E-state index contributed by atoms with van der Waals surface area (Å²) in [4.78, 5) is 31.8. The van der Waals surface area contributed by atoms with Crippen molar-refractivity contribution >= 4 is 5.91 Å². The number of carbonyl (C=O) groups excluding carboxylic acids is 1. The first-order valence-electron chi connectivity index (χ1n) is 6.49. The van der Waals surface area contributed by atoms with Crippen LogP contribution < -0.4 is 5.69 Å². The second kappa shape index (κ2) is 4.92. The Kier molecular flexibility index (Phi) is 3.09. The minimum absolute atomic E-state index is 0.108. The summed E-state index contributed by atoms with van der Waals surface area (Å²) in [5.74, 6) is 0.736. The summed E-state index contributed by atoms with van der Waals surface area (Å²) < 4.78 is 0. The lowest BCUT2D eigenvalue weighted by atomic mass is 10.1. The molecule has 0 unspecified atom stereocenters. The van der Waals surface area contributed by atoms with Gasteiger partial charge in [0.2, 0.25) is 0 Å². The number of hydrogen-bond acceptors (Lipinski definition) is 4. The molecule has 1 aliphatic rings. The first-order chi connectivity index (χ1) is 9.65. The van der Waals surface area contributed by atoms with E-state index in [2.05, 4.69) is 20.2 Å². The number of nitrogens with zero attached hydrogens (tertiary/aromatic N) is 3. The number of rotatable bonds is 4. The molecule has 0 aromatic carbocycles. The van der Waals surface area contributed by atoms with Crippen LogP contribution >= 0.6 is 0 Å². The van der Waals surface area contributed by atoms with Crippen LogP contribution in [0.25, 0.3) is 0 Å². The summed E-state index contributed by atoms with van der Waals surface area (Å²) in [5, 5.41) is 6.08. The second-order valence-electron chi connectivity index (χ2n) is 5.00. The zero-order chi connectivity index (χ0) is 14.1. The van der Waals surface area contributed by atoms with Crippen molar-refractivity contribution in [3.63, 3.8) is 0 Å². The minimum atomic E-state index is -0.374. The van der Waals surface area contributed by atoms with Gasteiger partial charge in [-0.2, -0.15) is 5.10 Å². The molecular formula is C13H15N5O2. The molecule has 3 rings (SSSR count). The van der Waals surface area contributed by atoms with E-state index in [1.54, 1.807) is 25.4 Å². The molecule has 1 fully saturated rings. The number of hydrogen-bond donors (Lipinski definition) is 2. The number of amides is 1.